The molecule has 102 valence electrons. The summed E-state index contributed by atoms with van der Waals surface area (Å²) >= 11 is 0. The molecule has 1 aromatic carbocycles. The number of carboxylic acids is 1. The van der Waals surface area contributed by atoms with Crippen LogP contribution in [0.3, 0.4) is 0 Å². The number of imidazole rings is 1. The summed E-state index contributed by atoms with van der Waals surface area (Å²) in [6.07, 6.45) is 1.78. The minimum absolute atomic E-state index is 0.0425. The molecule has 3 rings (SSSR count). The van der Waals surface area contributed by atoms with Crippen LogP contribution in [0.4, 0.5) is 0 Å². The number of aromatic carboxylic acids is 1. The van der Waals surface area contributed by atoms with Gasteiger partial charge >= 0.3 is 11.9 Å². The van der Waals surface area contributed by atoms with Crippen molar-refractivity contribution in [2.75, 3.05) is 0 Å². The average Bonchev–Trinajstić information content (AvgIpc) is 3.05. The van der Waals surface area contributed by atoms with Gasteiger partial charge in [0, 0.05) is 12.0 Å². The molecule has 6 nitrogen and oxygen atoms in total. The molecule has 20 heavy (non-hydrogen) atoms. The van der Waals surface area contributed by atoms with Gasteiger partial charge in [0.2, 0.25) is 0 Å². The lowest BCUT2D eigenvalue weighted by atomic mass is 10.1. The largest absolute Gasteiger partial charge is 0.476 e. The zero-order valence-electron chi connectivity index (χ0n) is 10.5. The van der Waals surface area contributed by atoms with Gasteiger partial charge in [0.05, 0.1) is 18.4 Å². The number of aromatic nitrogens is 2. The van der Waals surface area contributed by atoms with Gasteiger partial charge < -0.3 is 9.84 Å². The Hall–Kier alpha value is -2.63. The molecule has 0 spiro atoms. The Kier molecular flexibility index (Phi) is 2.98. The van der Waals surface area contributed by atoms with Crippen LogP contribution < -0.4 is 0 Å². The van der Waals surface area contributed by atoms with Crippen molar-refractivity contribution >= 4 is 11.9 Å². The number of hydrogen-bond acceptors (Lipinski definition) is 4. The Morgan fingerprint density at radius 2 is 2.10 bits per heavy atom. The van der Waals surface area contributed by atoms with E-state index in [0.717, 1.165) is 5.56 Å². The van der Waals surface area contributed by atoms with Crippen molar-refractivity contribution in [3.05, 3.63) is 42.4 Å². The van der Waals surface area contributed by atoms with E-state index in [1.54, 1.807) is 16.7 Å². The molecule has 1 aliphatic rings. The minimum atomic E-state index is -1.10. The number of hydrogen-bond donors (Lipinski definition) is 1. The fraction of sp³-hybridized carbons (Fsp3) is 0.214. The molecule has 1 aromatic heterocycles. The number of carbonyl (C=O) groups is 2. The lowest BCUT2D eigenvalue weighted by molar-refractivity contribution is -0.144. The predicted octanol–water partition coefficient (Wildman–Crippen LogP) is 2.08. The number of nitrogens with zero attached hydrogens (tertiary/aromatic N) is 2. The Bertz CT molecular complexity index is 663. The van der Waals surface area contributed by atoms with Crippen molar-refractivity contribution in [3.63, 3.8) is 0 Å². The number of carboxylic acid groups (broad SMARTS) is 1. The molecular formula is C14H12N2O4. The number of rotatable bonds is 3. The van der Waals surface area contributed by atoms with Crippen LogP contribution in [0.5, 0.6) is 0 Å². The van der Waals surface area contributed by atoms with E-state index in [4.69, 9.17) is 4.74 Å². The maximum Gasteiger partial charge on any atom is 0.356 e. The standard InChI is InChI=1S/C14H12N2O4/c17-11-7-6-10(20-11)16-8-15-12(14(18)19)13(16)9-4-2-1-3-5-9/h1-5,8,10H,6-7H2,(H,18,19). The van der Waals surface area contributed by atoms with Crippen LogP contribution in [0.1, 0.15) is 29.6 Å². The normalized spacial score (nSPS) is 18.0. The van der Waals surface area contributed by atoms with Crippen molar-refractivity contribution in [1.29, 1.82) is 0 Å². The van der Waals surface area contributed by atoms with Gasteiger partial charge in [-0.1, -0.05) is 30.3 Å². The first kappa shape index (κ1) is 12.4. The van der Waals surface area contributed by atoms with Gasteiger partial charge in [-0.05, 0) is 0 Å². The second kappa shape index (κ2) is 4.80. The number of carbonyl (C=O) groups excluding carboxylic acids is 1. The first-order chi connectivity index (χ1) is 9.66. The third-order valence-electron chi connectivity index (χ3n) is 3.22. The smallest absolute Gasteiger partial charge is 0.356 e. The molecule has 0 radical (unpaired) electrons. The fourth-order valence-electron chi connectivity index (χ4n) is 2.32. The van der Waals surface area contributed by atoms with Crippen LogP contribution in [0.25, 0.3) is 11.3 Å². The molecule has 0 amide bonds. The first-order valence-electron chi connectivity index (χ1n) is 6.22. The maximum atomic E-state index is 11.3. The molecule has 1 saturated heterocycles. The number of benzene rings is 1. The van der Waals surface area contributed by atoms with E-state index in [2.05, 4.69) is 4.98 Å². The van der Waals surface area contributed by atoms with Crippen molar-refractivity contribution in [1.82, 2.24) is 9.55 Å². The quantitative estimate of drug-likeness (QED) is 0.865. The van der Waals surface area contributed by atoms with E-state index in [-0.39, 0.29) is 11.7 Å². The SMILES string of the molecule is O=C1CCC(n2cnc(C(=O)O)c2-c2ccccc2)O1. The van der Waals surface area contributed by atoms with E-state index >= 15 is 0 Å². The third-order valence-corrected chi connectivity index (χ3v) is 3.22. The summed E-state index contributed by atoms with van der Waals surface area (Å²) in [5.41, 5.74) is 1.14. The number of ether oxygens (including phenoxy) is 1. The van der Waals surface area contributed by atoms with Crippen molar-refractivity contribution in [3.8, 4) is 11.3 Å². The first-order valence-corrected chi connectivity index (χ1v) is 6.22. The molecule has 0 bridgehead atoms. The van der Waals surface area contributed by atoms with Crippen LogP contribution in [0.15, 0.2) is 36.7 Å². The Balaban J connectivity index is 2.12. The van der Waals surface area contributed by atoms with E-state index in [1.807, 2.05) is 18.2 Å². The summed E-state index contributed by atoms with van der Waals surface area (Å²) in [7, 11) is 0. The summed E-state index contributed by atoms with van der Waals surface area (Å²) in [5, 5.41) is 9.25. The summed E-state index contributed by atoms with van der Waals surface area (Å²) in [5.74, 6) is -1.38. The lowest BCUT2D eigenvalue weighted by Crippen LogP contribution is -2.10. The monoisotopic (exact) mass is 272 g/mol. The molecular weight excluding hydrogens is 260 g/mol. The van der Waals surface area contributed by atoms with Crippen LogP contribution in [-0.2, 0) is 9.53 Å². The third kappa shape index (κ3) is 2.05. The molecule has 1 N–H and O–H groups in total. The molecule has 1 fully saturated rings. The van der Waals surface area contributed by atoms with Gasteiger partial charge in [0.1, 0.15) is 0 Å². The van der Waals surface area contributed by atoms with E-state index in [1.165, 1.54) is 6.33 Å². The highest BCUT2D eigenvalue weighted by molar-refractivity contribution is 5.93. The van der Waals surface area contributed by atoms with Crippen LogP contribution in [0.2, 0.25) is 0 Å². The van der Waals surface area contributed by atoms with Gasteiger partial charge in [-0.15, -0.1) is 0 Å². The Labute approximate surface area is 114 Å². The van der Waals surface area contributed by atoms with E-state index in [9.17, 15) is 14.7 Å². The van der Waals surface area contributed by atoms with Crippen molar-refractivity contribution in [2.45, 2.75) is 19.1 Å². The molecule has 0 aliphatic carbocycles. The fourth-order valence-corrected chi connectivity index (χ4v) is 2.32. The second-order valence-corrected chi connectivity index (χ2v) is 4.50. The van der Waals surface area contributed by atoms with Crippen LogP contribution in [0, 0.1) is 0 Å². The zero-order valence-corrected chi connectivity index (χ0v) is 10.5. The second-order valence-electron chi connectivity index (χ2n) is 4.50. The summed E-state index contributed by atoms with van der Waals surface area (Å²) in [6, 6.07) is 9.09. The maximum absolute atomic E-state index is 11.3. The number of esters is 1. The predicted molar refractivity (Wildman–Crippen MR) is 69.0 cm³/mol. The summed E-state index contributed by atoms with van der Waals surface area (Å²) < 4.78 is 6.81. The topological polar surface area (TPSA) is 81.4 Å². The van der Waals surface area contributed by atoms with Crippen LogP contribution in [-0.4, -0.2) is 26.6 Å². The minimum Gasteiger partial charge on any atom is -0.476 e. The highest BCUT2D eigenvalue weighted by atomic mass is 16.6. The van der Waals surface area contributed by atoms with Crippen LogP contribution >= 0.6 is 0 Å². The van der Waals surface area contributed by atoms with E-state index in [0.29, 0.717) is 18.5 Å². The molecule has 6 heteroatoms. The molecule has 1 aliphatic heterocycles. The Morgan fingerprint density at radius 3 is 2.70 bits per heavy atom. The summed E-state index contributed by atoms with van der Waals surface area (Å²) in [6.45, 7) is 0. The molecule has 1 unspecified atom stereocenters. The zero-order chi connectivity index (χ0) is 14.1. The van der Waals surface area contributed by atoms with Gasteiger partial charge in [-0.3, -0.25) is 9.36 Å². The molecule has 2 aromatic rings. The van der Waals surface area contributed by atoms with Gasteiger partial charge in [0.15, 0.2) is 11.9 Å². The lowest BCUT2D eigenvalue weighted by Gasteiger charge is -2.15. The Morgan fingerprint density at radius 1 is 1.35 bits per heavy atom. The highest BCUT2D eigenvalue weighted by Crippen LogP contribution is 2.31. The molecule has 1 atom stereocenters. The summed E-state index contributed by atoms with van der Waals surface area (Å²) in [4.78, 5) is 26.5. The van der Waals surface area contributed by atoms with E-state index < -0.39 is 12.2 Å². The highest BCUT2D eigenvalue weighted by Gasteiger charge is 2.29. The van der Waals surface area contributed by atoms with Crippen molar-refractivity contribution in [2.24, 2.45) is 0 Å². The number of cyclic esters (lactones) is 1. The molecule has 2 heterocycles. The van der Waals surface area contributed by atoms with Crippen molar-refractivity contribution < 1.29 is 19.4 Å². The molecule has 0 saturated carbocycles. The average molecular weight is 272 g/mol. The van der Waals surface area contributed by atoms with Gasteiger partial charge in [-0.25, -0.2) is 9.78 Å². The van der Waals surface area contributed by atoms with Gasteiger partial charge in [0.25, 0.3) is 0 Å². The van der Waals surface area contributed by atoms with Gasteiger partial charge in [-0.2, -0.15) is 0 Å².